The first-order chi connectivity index (χ1) is 5.62. The molecule has 1 unspecified atom stereocenters. The van der Waals surface area contributed by atoms with Crippen LogP contribution in [-0.2, 0) is 9.53 Å². The fraction of sp³-hybridized carbons (Fsp3) is 0.889. The van der Waals surface area contributed by atoms with Crippen LogP contribution in [0.2, 0.25) is 0 Å². The number of carbonyl (C=O) groups excluding carboxylic acids is 1. The monoisotopic (exact) mass is 170 g/mol. The second-order valence-electron chi connectivity index (χ2n) is 3.89. The molecule has 0 aromatic heterocycles. The van der Waals surface area contributed by atoms with Crippen LogP contribution in [0, 0.1) is 5.92 Å². The molecule has 0 aromatic rings. The molecule has 3 heteroatoms. The number of hydrogen-bond acceptors (Lipinski definition) is 3. The summed E-state index contributed by atoms with van der Waals surface area (Å²) in [6, 6.07) is 0. The Hall–Kier alpha value is -0.410. The molecule has 0 spiro atoms. The van der Waals surface area contributed by atoms with Crippen molar-refractivity contribution in [2.24, 2.45) is 5.92 Å². The molecular formula is C9H14O3. The summed E-state index contributed by atoms with van der Waals surface area (Å²) in [4.78, 5) is 11.0. The van der Waals surface area contributed by atoms with Gasteiger partial charge in [-0.2, -0.15) is 0 Å². The van der Waals surface area contributed by atoms with Crippen LogP contribution in [0.15, 0.2) is 0 Å². The van der Waals surface area contributed by atoms with Gasteiger partial charge in [0.05, 0.1) is 6.10 Å². The second-order valence-corrected chi connectivity index (χ2v) is 3.89. The Kier molecular flexibility index (Phi) is 1.73. The van der Waals surface area contributed by atoms with Crippen molar-refractivity contribution in [2.75, 3.05) is 0 Å². The zero-order valence-electron chi connectivity index (χ0n) is 7.25. The lowest BCUT2D eigenvalue weighted by atomic mass is 9.98. The predicted molar refractivity (Wildman–Crippen MR) is 42.5 cm³/mol. The number of ketones is 1. The third-order valence-corrected chi connectivity index (χ3v) is 3.02. The third-order valence-electron chi connectivity index (χ3n) is 3.02. The Balaban J connectivity index is 2.11. The molecule has 0 amide bonds. The van der Waals surface area contributed by atoms with Gasteiger partial charge in [0.25, 0.3) is 0 Å². The van der Waals surface area contributed by atoms with Crippen LogP contribution in [0.3, 0.4) is 0 Å². The van der Waals surface area contributed by atoms with Crippen molar-refractivity contribution in [3.05, 3.63) is 0 Å². The largest absolute Gasteiger partial charge is 0.360 e. The molecule has 1 N–H and O–H groups in total. The highest BCUT2D eigenvalue weighted by Gasteiger charge is 2.49. The molecule has 2 fully saturated rings. The normalized spacial score (nSPS) is 46.2. The Morgan fingerprint density at radius 2 is 2.33 bits per heavy atom. The van der Waals surface area contributed by atoms with E-state index >= 15 is 0 Å². The fourth-order valence-electron chi connectivity index (χ4n) is 2.27. The lowest BCUT2D eigenvalue weighted by Crippen LogP contribution is -2.36. The maximum absolute atomic E-state index is 11.0. The molecule has 1 aliphatic carbocycles. The summed E-state index contributed by atoms with van der Waals surface area (Å²) in [6.07, 6.45) is 3.91. The van der Waals surface area contributed by atoms with Crippen LogP contribution >= 0.6 is 0 Å². The van der Waals surface area contributed by atoms with Crippen LogP contribution < -0.4 is 0 Å². The Morgan fingerprint density at radius 3 is 2.92 bits per heavy atom. The summed E-state index contributed by atoms with van der Waals surface area (Å²) in [7, 11) is 0. The molecule has 3 atom stereocenters. The number of hydrogen-bond donors (Lipinski definition) is 1. The molecule has 1 heterocycles. The highest BCUT2D eigenvalue weighted by molar-refractivity contribution is 5.83. The van der Waals surface area contributed by atoms with Crippen molar-refractivity contribution in [2.45, 2.75) is 44.5 Å². The maximum Gasteiger partial charge on any atom is 0.226 e. The van der Waals surface area contributed by atoms with Gasteiger partial charge in [-0.15, -0.1) is 0 Å². The number of ether oxygens (including phenoxy) is 1. The first-order valence-electron chi connectivity index (χ1n) is 4.53. The van der Waals surface area contributed by atoms with E-state index < -0.39 is 5.79 Å². The second kappa shape index (κ2) is 2.54. The van der Waals surface area contributed by atoms with Crippen LogP contribution in [0.4, 0.5) is 0 Å². The molecule has 3 nitrogen and oxygen atoms in total. The topological polar surface area (TPSA) is 46.5 Å². The van der Waals surface area contributed by atoms with Crippen molar-refractivity contribution in [1.29, 1.82) is 0 Å². The first-order valence-corrected chi connectivity index (χ1v) is 4.53. The molecule has 0 radical (unpaired) electrons. The fourth-order valence-corrected chi connectivity index (χ4v) is 2.27. The Morgan fingerprint density at radius 1 is 1.58 bits per heavy atom. The van der Waals surface area contributed by atoms with E-state index in [1.807, 2.05) is 0 Å². The zero-order chi connectivity index (χ0) is 8.77. The summed E-state index contributed by atoms with van der Waals surface area (Å²) in [5.41, 5.74) is 0. The van der Waals surface area contributed by atoms with Gasteiger partial charge in [0.2, 0.25) is 5.79 Å². The van der Waals surface area contributed by atoms with Crippen molar-refractivity contribution >= 4 is 5.78 Å². The van der Waals surface area contributed by atoms with Gasteiger partial charge >= 0.3 is 0 Å². The Labute approximate surface area is 71.7 Å². The van der Waals surface area contributed by atoms with E-state index in [0.29, 0.717) is 12.3 Å². The number of carbonyl (C=O) groups is 1. The SMILES string of the molecule is CC(=O)C1(O)C[C@H]2CCC[C@H]2O1. The van der Waals surface area contributed by atoms with E-state index in [2.05, 4.69) is 0 Å². The van der Waals surface area contributed by atoms with E-state index in [1.54, 1.807) is 0 Å². The summed E-state index contributed by atoms with van der Waals surface area (Å²) in [6.45, 7) is 1.39. The minimum atomic E-state index is -1.45. The zero-order valence-corrected chi connectivity index (χ0v) is 7.25. The molecule has 1 aliphatic heterocycles. The van der Waals surface area contributed by atoms with Crippen LogP contribution in [0.1, 0.15) is 32.6 Å². The maximum atomic E-state index is 11.0. The Bertz CT molecular complexity index is 200. The number of fused-ring (bicyclic) bond motifs is 1. The van der Waals surface area contributed by atoms with Gasteiger partial charge < -0.3 is 9.84 Å². The van der Waals surface area contributed by atoms with E-state index in [9.17, 15) is 9.90 Å². The lowest BCUT2D eigenvalue weighted by Gasteiger charge is -2.19. The van der Waals surface area contributed by atoms with Gasteiger partial charge in [-0.05, 0) is 18.8 Å². The highest BCUT2D eigenvalue weighted by atomic mass is 16.6. The highest BCUT2D eigenvalue weighted by Crippen LogP contribution is 2.43. The molecule has 1 saturated carbocycles. The van der Waals surface area contributed by atoms with E-state index in [-0.39, 0.29) is 11.9 Å². The predicted octanol–water partition coefficient (Wildman–Crippen LogP) is 0.853. The van der Waals surface area contributed by atoms with Gasteiger partial charge in [-0.25, -0.2) is 0 Å². The van der Waals surface area contributed by atoms with Crippen LogP contribution in [0.5, 0.6) is 0 Å². The number of rotatable bonds is 1. The molecule has 12 heavy (non-hydrogen) atoms. The first kappa shape index (κ1) is 8.20. The van der Waals surface area contributed by atoms with Gasteiger partial charge in [0, 0.05) is 13.3 Å². The van der Waals surface area contributed by atoms with Crippen LogP contribution in [0.25, 0.3) is 0 Å². The van der Waals surface area contributed by atoms with Gasteiger partial charge in [-0.1, -0.05) is 6.42 Å². The average Bonchev–Trinajstić information content (AvgIpc) is 2.44. The van der Waals surface area contributed by atoms with Crippen molar-refractivity contribution < 1.29 is 14.6 Å². The van der Waals surface area contributed by atoms with Crippen molar-refractivity contribution in [3.63, 3.8) is 0 Å². The molecule has 2 rings (SSSR count). The molecule has 0 bridgehead atoms. The van der Waals surface area contributed by atoms with Crippen molar-refractivity contribution in [1.82, 2.24) is 0 Å². The lowest BCUT2D eigenvalue weighted by molar-refractivity contribution is -0.196. The van der Waals surface area contributed by atoms with Gasteiger partial charge in [-0.3, -0.25) is 4.79 Å². The molecule has 0 aromatic carbocycles. The summed E-state index contributed by atoms with van der Waals surface area (Å²) >= 11 is 0. The summed E-state index contributed by atoms with van der Waals surface area (Å²) in [5, 5.41) is 9.70. The standard InChI is InChI=1S/C9H14O3/c1-6(10)9(11)5-7-3-2-4-8(7)12-9/h7-8,11H,2-5H2,1H3/t7-,8-,9?/m1/s1. The molecular weight excluding hydrogens is 156 g/mol. The van der Waals surface area contributed by atoms with Gasteiger partial charge in [0.15, 0.2) is 5.78 Å². The van der Waals surface area contributed by atoms with E-state index in [1.165, 1.54) is 13.3 Å². The minimum Gasteiger partial charge on any atom is -0.360 e. The molecule has 68 valence electrons. The van der Waals surface area contributed by atoms with E-state index in [0.717, 1.165) is 12.8 Å². The van der Waals surface area contributed by atoms with Gasteiger partial charge in [0.1, 0.15) is 0 Å². The van der Waals surface area contributed by atoms with E-state index in [4.69, 9.17) is 4.74 Å². The minimum absolute atomic E-state index is 0.138. The van der Waals surface area contributed by atoms with Crippen LogP contribution in [-0.4, -0.2) is 22.8 Å². The average molecular weight is 170 g/mol. The smallest absolute Gasteiger partial charge is 0.226 e. The van der Waals surface area contributed by atoms with Crippen molar-refractivity contribution in [3.8, 4) is 0 Å². The number of Topliss-reactive ketones (excluding diaryl/α,β-unsaturated/α-hetero) is 1. The third kappa shape index (κ3) is 1.08. The quantitative estimate of drug-likeness (QED) is 0.634. The number of aliphatic hydroxyl groups is 1. The summed E-state index contributed by atoms with van der Waals surface area (Å²) < 4.78 is 5.34. The summed E-state index contributed by atoms with van der Waals surface area (Å²) in [5.74, 6) is -1.29. The molecule has 1 saturated heterocycles. The molecule has 2 aliphatic rings.